The van der Waals surface area contributed by atoms with E-state index in [1.54, 1.807) is 6.92 Å². The topological polar surface area (TPSA) is 46.5 Å². The highest BCUT2D eigenvalue weighted by molar-refractivity contribution is 5.69. The van der Waals surface area contributed by atoms with Crippen LogP contribution in [0.3, 0.4) is 0 Å². The molecule has 0 rings (SSSR count). The maximum absolute atomic E-state index is 11.3. The Morgan fingerprint density at radius 2 is 1.31 bits per heavy atom. The third-order valence-corrected chi connectivity index (χ3v) is 3.39. The Hall–Kier alpha value is -1.87. The van der Waals surface area contributed by atoms with E-state index in [-0.39, 0.29) is 12.6 Å². The van der Waals surface area contributed by atoms with Gasteiger partial charge in [-0.1, -0.05) is 67.7 Å². The van der Waals surface area contributed by atoms with E-state index in [9.17, 15) is 4.79 Å². The molecular weight excluding hydrogens is 324 g/mol. The lowest BCUT2D eigenvalue weighted by atomic mass is 10.2. The molecule has 0 heterocycles. The molecular formula is C23H36O3. The highest BCUT2D eigenvalue weighted by Gasteiger charge is 2.03. The highest BCUT2D eigenvalue weighted by Crippen LogP contribution is 2.01. The summed E-state index contributed by atoms with van der Waals surface area (Å²) in [5.41, 5.74) is 0. The van der Waals surface area contributed by atoms with Gasteiger partial charge in [-0.3, -0.25) is 4.79 Å². The predicted octanol–water partition coefficient (Wildman–Crippen LogP) is 5.83. The first-order chi connectivity index (χ1) is 12.7. The number of aliphatic hydroxyl groups is 1. The van der Waals surface area contributed by atoms with Crippen molar-refractivity contribution in [2.24, 2.45) is 0 Å². The third-order valence-electron chi connectivity index (χ3n) is 3.39. The lowest BCUT2D eigenvalue weighted by Gasteiger charge is -2.05. The van der Waals surface area contributed by atoms with Crippen molar-refractivity contribution in [1.82, 2.24) is 0 Å². The summed E-state index contributed by atoms with van der Waals surface area (Å²) >= 11 is 0. The van der Waals surface area contributed by atoms with Crippen molar-refractivity contribution in [3.63, 3.8) is 0 Å². The normalized spacial score (nSPS) is 13.8. The van der Waals surface area contributed by atoms with Gasteiger partial charge in [-0.25, -0.2) is 0 Å². The van der Waals surface area contributed by atoms with Crippen LogP contribution in [0, 0.1) is 0 Å². The molecule has 0 aromatic carbocycles. The van der Waals surface area contributed by atoms with Gasteiger partial charge in [0.15, 0.2) is 0 Å². The highest BCUT2D eigenvalue weighted by atomic mass is 16.5. The molecule has 0 fully saturated rings. The predicted molar refractivity (Wildman–Crippen MR) is 111 cm³/mol. The molecule has 0 aliphatic rings. The van der Waals surface area contributed by atoms with Crippen LogP contribution in [0.1, 0.15) is 65.2 Å². The molecule has 0 bridgehead atoms. The summed E-state index contributed by atoms with van der Waals surface area (Å²) in [4.78, 5) is 11.3. The van der Waals surface area contributed by atoms with Crippen LogP contribution < -0.4 is 0 Å². The second kappa shape index (κ2) is 19.5. The number of carbonyl (C=O) groups excluding carboxylic acids is 1. The van der Waals surface area contributed by atoms with E-state index in [0.717, 1.165) is 44.9 Å². The van der Waals surface area contributed by atoms with Gasteiger partial charge in [0.25, 0.3) is 0 Å². The van der Waals surface area contributed by atoms with Gasteiger partial charge < -0.3 is 9.84 Å². The molecule has 1 unspecified atom stereocenters. The standard InChI is InChI=1S/C23H36O3/c1-3-4-5-6-7-8-9-10-11-12-13-14-15-16-17-18-19-20-23(25)26-21-22(2)24/h4-5,7-8,10-11,13-14,16-17,22,24H,3,6,9,12,15,18-21H2,1-2H3/b5-4-,8-7-,11-10-,14-13-,17-16-. The fraction of sp³-hybridized carbons (Fsp3) is 0.522. The second-order valence-electron chi connectivity index (χ2n) is 6.13. The fourth-order valence-electron chi connectivity index (χ4n) is 2.02. The number of hydrogen-bond donors (Lipinski definition) is 1. The Bertz CT molecular complexity index is 468. The van der Waals surface area contributed by atoms with Crippen molar-refractivity contribution in [1.29, 1.82) is 0 Å². The van der Waals surface area contributed by atoms with Gasteiger partial charge >= 0.3 is 5.97 Å². The van der Waals surface area contributed by atoms with Crippen molar-refractivity contribution in [3.8, 4) is 0 Å². The molecule has 0 spiro atoms. The summed E-state index contributed by atoms with van der Waals surface area (Å²) < 4.78 is 4.89. The average molecular weight is 361 g/mol. The molecule has 146 valence electrons. The molecule has 0 aromatic heterocycles. The Labute approximate surface area is 159 Å². The molecule has 26 heavy (non-hydrogen) atoms. The zero-order chi connectivity index (χ0) is 19.3. The smallest absolute Gasteiger partial charge is 0.305 e. The van der Waals surface area contributed by atoms with E-state index in [1.165, 1.54) is 0 Å². The van der Waals surface area contributed by atoms with E-state index in [2.05, 4.69) is 67.7 Å². The number of esters is 1. The summed E-state index contributed by atoms with van der Waals surface area (Å²) in [6, 6.07) is 0. The van der Waals surface area contributed by atoms with Crippen LogP contribution in [-0.4, -0.2) is 23.8 Å². The summed E-state index contributed by atoms with van der Waals surface area (Å²) in [7, 11) is 0. The van der Waals surface area contributed by atoms with E-state index in [4.69, 9.17) is 9.84 Å². The number of aliphatic hydroxyl groups excluding tert-OH is 1. The van der Waals surface area contributed by atoms with Gasteiger partial charge in [0.2, 0.25) is 0 Å². The molecule has 1 N–H and O–H groups in total. The quantitative estimate of drug-likeness (QED) is 0.227. The number of hydrogen-bond acceptors (Lipinski definition) is 3. The minimum atomic E-state index is -0.593. The number of rotatable bonds is 15. The SMILES string of the molecule is CC/C=C\C/C=C\C/C=C\C/C=C\C/C=C\CCCC(=O)OCC(C)O. The van der Waals surface area contributed by atoms with Crippen molar-refractivity contribution in [2.75, 3.05) is 6.61 Å². The minimum absolute atomic E-state index is 0.0838. The number of ether oxygens (including phenoxy) is 1. The molecule has 0 aliphatic heterocycles. The molecule has 1 atom stereocenters. The van der Waals surface area contributed by atoms with E-state index >= 15 is 0 Å². The van der Waals surface area contributed by atoms with E-state index < -0.39 is 6.10 Å². The van der Waals surface area contributed by atoms with Crippen LogP contribution in [0.25, 0.3) is 0 Å². The molecule has 0 amide bonds. The summed E-state index contributed by atoms with van der Waals surface area (Å²) in [6.45, 7) is 3.83. The number of allylic oxidation sites excluding steroid dienone is 10. The molecule has 0 aliphatic carbocycles. The molecule has 3 nitrogen and oxygen atoms in total. The molecule has 0 saturated carbocycles. The molecule has 0 radical (unpaired) electrons. The van der Waals surface area contributed by atoms with Crippen molar-refractivity contribution in [2.45, 2.75) is 71.3 Å². The first kappa shape index (κ1) is 24.1. The van der Waals surface area contributed by atoms with Crippen LogP contribution in [0.5, 0.6) is 0 Å². The van der Waals surface area contributed by atoms with Crippen LogP contribution in [0.2, 0.25) is 0 Å². The summed E-state index contributed by atoms with van der Waals surface area (Å²) in [6.07, 6.45) is 28.2. The Kier molecular flexibility index (Phi) is 18.1. The van der Waals surface area contributed by atoms with Crippen LogP contribution in [-0.2, 0) is 9.53 Å². The van der Waals surface area contributed by atoms with Crippen LogP contribution >= 0.6 is 0 Å². The maximum Gasteiger partial charge on any atom is 0.305 e. The summed E-state index contributed by atoms with van der Waals surface area (Å²) in [5.74, 6) is -0.238. The Morgan fingerprint density at radius 1 is 0.846 bits per heavy atom. The van der Waals surface area contributed by atoms with E-state index in [0.29, 0.717) is 6.42 Å². The molecule has 0 aromatic rings. The van der Waals surface area contributed by atoms with Crippen molar-refractivity contribution < 1.29 is 14.6 Å². The first-order valence-corrected chi connectivity index (χ1v) is 9.75. The zero-order valence-electron chi connectivity index (χ0n) is 16.5. The largest absolute Gasteiger partial charge is 0.463 e. The van der Waals surface area contributed by atoms with Gasteiger partial charge in [0.1, 0.15) is 6.61 Å². The van der Waals surface area contributed by atoms with Crippen LogP contribution in [0.15, 0.2) is 60.8 Å². The lowest BCUT2D eigenvalue weighted by molar-refractivity contribution is -0.146. The van der Waals surface area contributed by atoms with Gasteiger partial charge in [0, 0.05) is 6.42 Å². The lowest BCUT2D eigenvalue weighted by Crippen LogP contribution is -2.14. The molecule has 0 saturated heterocycles. The molecule has 3 heteroatoms. The van der Waals surface area contributed by atoms with Gasteiger partial charge in [-0.15, -0.1) is 0 Å². The monoisotopic (exact) mass is 360 g/mol. The van der Waals surface area contributed by atoms with Crippen molar-refractivity contribution >= 4 is 5.97 Å². The average Bonchev–Trinajstić information content (AvgIpc) is 2.62. The first-order valence-electron chi connectivity index (χ1n) is 9.75. The van der Waals surface area contributed by atoms with Gasteiger partial charge in [-0.05, 0) is 51.9 Å². The summed E-state index contributed by atoms with van der Waals surface area (Å²) in [5, 5.41) is 9.02. The minimum Gasteiger partial charge on any atom is -0.463 e. The van der Waals surface area contributed by atoms with Crippen molar-refractivity contribution in [3.05, 3.63) is 60.8 Å². The third kappa shape index (κ3) is 20.2. The van der Waals surface area contributed by atoms with Gasteiger partial charge in [0.05, 0.1) is 6.10 Å². The zero-order valence-corrected chi connectivity index (χ0v) is 16.5. The van der Waals surface area contributed by atoms with E-state index in [1.807, 2.05) is 0 Å². The Morgan fingerprint density at radius 3 is 1.77 bits per heavy atom. The van der Waals surface area contributed by atoms with Gasteiger partial charge in [-0.2, -0.15) is 0 Å². The second-order valence-corrected chi connectivity index (χ2v) is 6.13. The fourth-order valence-corrected chi connectivity index (χ4v) is 2.02. The number of carbonyl (C=O) groups is 1. The Balaban J connectivity index is 3.51. The van der Waals surface area contributed by atoms with Crippen LogP contribution in [0.4, 0.5) is 0 Å². The maximum atomic E-state index is 11.3. The number of unbranched alkanes of at least 4 members (excludes halogenated alkanes) is 1.